The van der Waals surface area contributed by atoms with E-state index in [-0.39, 0.29) is 36.7 Å². The fourth-order valence-electron chi connectivity index (χ4n) is 5.10. The van der Waals surface area contributed by atoms with Crippen molar-refractivity contribution in [2.45, 2.75) is 95.5 Å². The van der Waals surface area contributed by atoms with Gasteiger partial charge in [-0.2, -0.15) is 0 Å². The smallest absolute Gasteiger partial charge is 0.327 e. The summed E-state index contributed by atoms with van der Waals surface area (Å²) in [7, 11) is 2.38. The molecule has 3 atom stereocenters. The summed E-state index contributed by atoms with van der Waals surface area (Å²) in [5.41, 5.74) is 0.783. The molecular formula is C44H59N3O8S2. The van der Waals surface area contributed by atoms with Gasteiger partial charge in [-0.25, -0.2) is 4.79 Å². The maximum atomic E-state index is 13.4. The van der Waals surface area contributed by atoms with E-state index in [1.807, 2.05) is 42.5 Å². The highest BCUT2D eigenvalue weighted by Gasteiger charge is 2.39. The molecule has 2 aromatic rings. The standard InChI is InChI=1S/C44H59N3O8S2/c1-4-5-6-7-8-9-10-11-12-13-14-15-16-17-18-19-20-21-25-28-41(51)46-38(43(53)54)33-56-57-44(2,3)36(42(52)45-31-35(49)32-48)29-39(50)37-30-40(55-47-37)34-26-23-22-24-27-34/h5-6,8-9,11-12,14-15,17-18,20-24,26-27,30,35-36,38,48-49H,4,7,10,13,16,19,25,28-29,31-33H2,1-3H3,(H,45,52)(H,46,51)(H,53,54)/b6-5-,9-8-,12-11-,15-14-,18-17-,21-20-/t35-,36-,38+/m1/s1. The third kappa shape index (κ3) is 21.1. The summed E-state index contributed by atoms with van der Waals surface area (Å²) in [5.74, 6) is -3.09. The average Bonchev–Trinajstić information content (AvgIpc) is 3.70. The largest absolute Gasteiger partial charge is 0.480 e. The van der Waals surface area contributed by atoms with Gasteiger partial charge < -0.3 is 30.5 Å². The lowest BCUT2D eigenvalue weighted by atomic mass is 9.88. The van der Waals surface area contributed by atoms with Gasteiger partial charge in [-0.3, -0.25) is 14.4 Å². The Balaban J connectivity index is 1.81. The van der Waals surface area contributed by atoms with Gasteiger partial charge in [0.1, 0.15) is 11.7 Å². The molecule has 0 spiro atoms. The lowest BCUT2D eigenvalue weighted by Crippen LogP contribution is -2.45. The SMILES string of the molecule is CC/C=C\C/C=C\C/C=C\C/C=C\C/C=C\C/C=C\CCC(=O)N[C@@H](CSSC(C)(C)[C@H](CC(=O)c1cc(-c2ccccc2)on1)C(=O)NC[C@@H](O)CO)C(=O)O. The van der Waals surface area contributed by atoms with Crippen molar-refractivity contribution in [3.8, 4) is 11.3 Å². The van der Waals surface area contributed by atoms with E-state index in [9.17, 15) is 34.5 Å². The molecule has 0 aliphatic carbocycles. The highest BCUT2D eigenvalue weighted by Crippen LogP contribution is 2.43. The number of nitrogens with zero attached hydrogens (tertiary/aromatic N) is 1. The van der Waals surface area contributed by atoms with Gasteiger partial charge in [0, 0.05) is 41.5 Å². The number of carbonyl (C=O) groups is 4. The van der Waals surface area contributed by atoms with Crippen LogP contribution in [0, 0.1) is 5.92 Å². The van der Waals surface area contributed by atoms with Crippen LogP contribution in [0.1, 0.15) is 89.0 Å². The maximum Gasteiger partial charge on any atom is 0.327 e. The first-order valence-electron chi connectivity index (χ1n) is 19.3. The normalized spacial score (nSPS) is 14.1. The van der Waals surface area contributed by atoms with E-state index in [2.05, 4.69) is 83.5 Å². The third-order valence-corrected chi connectivity index (χ3v) is 11.8. The van der Waals surface area contributed by atoms with Gasteiger partial charge >= 0.3 is 5.97 Å². The molecule has 0 fully saturated rings. The number of hydrogen-bond donors (Lipinski definition) is 5. The summed E-state index contributed by atoms with van der Waals surface area (Å²) in [5, 5.41) is 37.9. The second-order valence-electron chi connectivity index (χ2n) is 13.6. The Morgan fingerprint density at radius 2 is 1.42 bits per heavy atom. The number of hydrogen-bond acceptors (Lipinski definition) is 10. The molecule has 1 aromatic carbocycles. The Hall–Kier alpha value is -4.43. The molecule has 57 heavy (non-hydrogen) atoms. The fourth-order valence-corrected chi connectivity index (χ4v) is 8.02. The van der Waals surface area contributed by atoms with E-state index in [4.69, 9.17) is 4.52 Å². The van der Waals surface area contributed by atoms with Gasteiger partial charge in [0.15, 0.2) is 11.5 Å². The Kier molecular flexibility index (Phi) is 24.7. The molecule has 0 radical (unpaired) electrons. The number of allylic oxidation sites excluding steroid dienone is 12. The number of benzene rings is 1. The lowest BCUT2D eigenvalue weighted by Gasteiger charge is -2.32. The number of amides is 2. The molecule has 0 saturated heterocycles. The molecular weight excluding hydrogens is 763 g/mol. The fraction of sp³-hybridized carbons (Fsp3) is 0.432. The molecule has 0 unspecified atom stereocenters. The van der Waals surface area contributed by atoms with Gasteiger partial charge in [-0.15, -0.1) is 0 Å². The lowest BCUT2D eigenvalue weighted by molar-refractivity contribution is -0.141. The molecule has 5 N–H and O–H groups in total. The summed E-state index contributed by atoms with van der Waals surface area (Å²) in [6, 6.07) is 9.47. The van der Waals surface area contributed by atoms with Crippen LogP contribution < -0.4 is 10.6 Å². The van der Waals surface area contributed by atoms with Crippen LogP contribution in [0.4, 0.5) is 0 Å². The summed E-state index contributed by atoms with van der Waals surface area (Å²) in [4.78, 5) is 51.4. The van der Waals surface area contributed by atoms with Crippen LogP contribution in [0.5, 0.6) is 0 Å². The van der Waals surface area contributed by atoms with Crippen molar-refractivity contribution < 1.29 is 39.0 Å². The van der Waals surface area contributed by atoms with Crippen molar-refractivity contribution in [2.24, 2.45) is 5.92 Å². The Morgan fingerprint density at radius 3 is 1.96 bits per heavy atom. The van der Waals surface area contributed by atoms with Crippen molar-refractivity contribution in [1.29, 1.82) is 0 Å². The highest BCUT2D eigenvalue weighted by atomic mass is 33.1. The zero-order valence-electron chi connectivity index (χ0n) is 33.3. The van der Waals surface area contributed by atoms with Crippen LogP contribution in [0.2, 0.25) is 0 Å². The number of rotatable bonds is 29. The second kappa shape index (κ2) is 28.9. The number of carbonyl (C=O) groups excluding carboxylic acids is 3. The number of carboxylic acids is 1. The topological polar surface area (TPSA) is 179 Å². The van der Waals surface area contributed by atoms with E-state index in [1.165, 1.54) is 16.9 Å². The average molecular weight is 822 g/mol. The molecule has 0 bridgehead atoms. The van der Waals surface area contributed by atoms with Crippen LogP contribution in [-0.2, 0) is 14.4 Å². The summed E-state index contributed by atoms with van der Waals surface area (Å²) in [6.07, 6.45) is 29.9. The second-order valence-corrected chi connectivity index (χ2v) is 16.6. The number of aliphatic carboxylic acids is 1. The van der Waals surface area contributed by atoms with Crippen molar-refractivity contribution in [3.63, 3.8) is 0 Å². The van der Waals surface area contributed by atoms with E-state index in [0.717, 1.165) is 54.9 Å². The number of aliphatic hydroxyl groups is 2. The van der Waals surface area contributed by atoms with E-state index in [0.29, 0.717) is 12.2 Å². The monoisotopic (exact) mass is 821 g/mol. The zero-order chi connectivity index (χ0) is 41.7. The molecule has 310 valence electrons. The minimum atomic E-state index is -1.19. The van der Waals surface area contributed by atoms with Gasteiger partial charge in [-0.05, 0) is 58.8 Å². The van der Waals surface area contributed by atoms with Gasteiger partial charge in [0.25, 0.3) is 0 Å². The Bertz CT molecular complexity index is 1680. The molecule has 2 rings (SSSR count). The van der Waals surface area contributed by atoms with Gasteiger partial charge in [0.2, 0.25) is 11.8 Å². The predicted octanol–water partition coefficient (Wildman–Crippen LogP) is 8.21. The minimum absolute atomic E-state index is 0.00428. The van der Waals surface area contributed by atoms with Crippen molar-refractivity contribution in [1.82, 2.24) is 15.8 Å². The van der Waals surface area contributed by atoms with Crippen LogP contribution in [0.25, 0.3) is 11.3 Å². The van der Waals surface area contributed by atoms with E-state index < -0.39 is 47.1 Å². The first-order chi connectivity index (χ1) is 27.5. The van der Waals surface area contributed by atoms with Crippen LogP contribution >= 0.6 is 21.6 Å². The van der Waals surface area contributed by atoms with E-state index in [1.54, 1.807) is 13.8 Å². The van der Waals surface area contributed by atoms with Crippen molar-refractivity contribution in [2.75, 3.05) is 18.9 Å². The molecule has 0 aliphatic rings. The van der Waals surface area contributed by atoms with Crippen molar-refractivity contribution >= 4 is 45.2 Å². The zero-order valence-corrected chi connectivity index (χ0v) is 34.9. The number of ketones is 1. The minimum Gasteiger partial charge on any atom is -0.480 e. The predicted molar refractivity (Wildman–Crippen MR) is 232 cm³/mol. The van der Waals surface area contributed by atoms with Crippen LogP contribution in [0.15, 0.2) is 114 Å². The third-order valence-electron chi connectivity index (χ3n) is 8.40. The number of aliphatic hydroxyl groups excluding tert-OH is 2. The molecule has 1 heterocycles. The van der Waals surface area contributed by atoms with Crippen LogP contribution in [0.3, 0.4) is 0 Å². The number of nitrogens with one attached hydrogen (secondary N) is 2. The molecule has 2 amide bonds. The van der Waals surface area contributed by atoms with Gasteiger partial charge in [0.05, 0.1) is 18.6 Å². The summed E-state index contributed by atoms with van der Waals surface area (Å²) >= 11 is 0. The quantitative estimate of drug-likeness (QED) is 0.0303. The maximum absolute atomic E-state index is 13.4. The first kappa shape index (κ1) is 48.7. The summed E-state index contributed by atoms with van der Waals surface area (Å²) < 4.78 is 4.45. The molecule has 0 aliphatic heterocycles. The number of aromatic nitrogens is 1. The highest BCUT2D eigenvalue weighted by molar-refractivity contribution is 8.77. The Labute approximate surface area is 345 Å². The van der Waals surface area contributed by atoms with Crippen molar-refractivity contribution in [3.05, 3.63) is 115 Å². The van der Waals surface area contributed by atoms with Gasteiger partial charge in [-0.1, -0.05) is 137 Å². The number of carboxylic acid groups (broad SMARTS) is 1. The Morgan fingerprint density at radius 1 is 0.860 bits per heavy atom. The number of Topliss-reactive ketones (excluding diaryl/α,β-unsaturated/α-hetero) is 1. The molecule has 13 heteroatoms. The molecule has 11 nitrogen and oxygen atoms in total. The molecule has 1 aromatic heterocycles. The summed E-state index contributed by atoms with van der Waals surface area (Å²) in [6.45, 7) is 4.86. The van der Waals surface area contributed by atoms with Crippen LogP contribution in [-0.4, -0.2) is 79.8 Å². The molecule has 0 saturated carbocycles. The van der Waals surface area contributed by atoms with E-state index >= 15 is 0 Å². The first-order valence-corrected chi connectivity index (χ1v) is 21.6.